The zero-order valence-electron chi connectivity index (χ0n) is 28.7. The maximum absolute atomic E-state index is 13.9. The molecule has 8 rings (SSSR count). The number of nitrogens with one attached hydrogen (secondary N) is 2. The van der Waals surface area contributed by atoms with E-state index in [1.54, 1.807) is 31.4 Å². The molecule has 5 heterocycles. The number of aromatic nitrogens is 5. The Morgan fingerprint density at radius 3 is 2.42 bits per heavy atom. The summed E-state index contributed by atoms with van der Waals surface area (Å²) in [4.78, 5) is 52.4. The van der Waals surface area contributed by atoms with Gasteiger partial charge in [-0.3, -0.25) is 23.6 Å². The second-order valence-corrected chi connectivity index (χ2v) is 14.1. The van der Waals surface area contributed by atoms with Gasteiger partial charge in [0.05, 0.1) is 28.5 Å². The van der Waals surface area contributed by atoms with E-state index >= 15 is 0 Å². The Morgan fingerprint density at radius 2 is 1.72 bits per heavy atom. The van der Waals surface area contributed by atoms with E-state index in [0.717, 1.165) is 33.1 Å². The molecule has 2 aliphatic heterocycles. The molecule has 3 aromatic heterocycles. The Balaban J connectivity index is 1.13. The van der Waals surface area contributed by atoms with Crippen molar-refractivity contribution < 1.29 is 23.0 Å². The summed E-state index contributed by atoms with van der Waals surface area (Å²) in [6, 6.07) is 12.7. The van der Waals surface area contributed by atoms with Crippen LogP contribution < -0.4 is 26.6 Å². The summed E-state index contributed by atoms with van der Waals surface area (Å²) in [5.74, 6) is -0.692. The van der Waals surface area contributed by atoms with Crippen LogP contribution in [0.5, 0.6) is 5.88 Å². The second-order valence-electron chi connectivity index (χ2n) is 13.4. The molecule has 0 bridgehead atoms. The fourth-order valence-corrected chi connectivity index (χ4v) is 8.10. The lowest BCUT2D eigenvalue weighted by Crippen LogP contribution is -2.70. The number of morpholine rings is 1. The largest absolute Gasteiger partial charge is 0.481 e. The van der Waals surface area contributed by atoms with Crippen LogP contribution in [0.15, 0.2) is 52.1 Å². The first kappa shape index (κ1) is 35.1. The number of carbonyl (C=O) groups excluding carboxylic acids is 1. The van der Waals surface area contributed by atoms with Crippen LogP contribution in [0.3, 0.4) is 0 Å². The van der Waals surface area contributed by atoms with Gasteiger partial charge < -0.3 is 20.1 Å². The monoisotopic (exact) mass is 764 g/mol. The fourth-order valence-electron chi connectivity index (χ4n) is 7.50. The molecule has 1 spiro atoms. The first-order chi connectivity index (χ1) is 25.4. The number of hydrogen-bond donors (Lipinski definition) is 2. The van der Waals surface area contributed by atoms with Gasteiger partial charge in [0.2, 0.25) is 11.8 Å². The lowest BCUT2D eigenvalue weighted by molar-refractivity contribution is -0.179. The number of carbonyl (C=O) groups is 1. The summed E-state index contributed by atoms with van der Waals surface area (Å²) in [6.07, 6.45) is -1.39. The van der Waals surface area contributed by atoms with Gasteiger partial charge in [-0.25, -0.2) is 28.5 Å². The molecule has 2 N–H and O–H groups in total. The minimum atomic E-state index is -3.08. The third-order valence-electron chi connectivity index (χ3n) is 10.2. The SMILES string of the molecule is COc1nc(-c2cccc(-c3cccc(Nc4nc(C(F)F)nc5c4c(=O)n(C)c(=O)n5C)c3Cl)c2Cl)cc2c1[C@@H](N1CC3(CNC(=O)CO3)C1)CC2. The number of aryl methyl sites for hydroxylation is 2. The molecule has 53 heavy (non-hydrogen) atoms. The van der Waals surface area contributed by atoms with Crippen LogP contribution in [-0.2, 0) is 30.0 Å². The average Bonchev–Trinajstić information content (AvgIpc) is 3.56. The van der Waals surface area contributed by atoms with E-state index in [0.29, 0.717) is 52.9 Å². The number of likely N-dealkylation sites (tertiary alicyclic amines) is 1. The number of amides is 1. The van der Waals surface area contributed by atoms with Gasteiger partial charge in [-0.1, -0.05) is 53.5 Å². The predicted octanol–water partition coefficient (Wildman–Crippen LogP) is 4.94. The topological polar surface area (TPSA) is 146 Å². The van der Waals surface area contributed by atoms with Crippen molar-refractivity contribution in [2.24, 2.45) is 14.1 Å². The average molecular weight is 766 g/mol. The molecule has 1 aliphatic carbocycles. The molecule has 2 fully saturated rings. The maximum Gasteiger partial charge on any atom is 0.332 e. The number of benzene rings is 2. The van der Waals surface area contributed by atoms with Crippen molar-refractivity contribution in [3.8, 4) is 28.3 Å². The Morgan fingerprint density at radius 1 is 1.00 bits per heavy atom. The molecule has 3 aliphatic rings. The summed E-state index contributed by atoms with van der Waals surface area (Å²) in [5, 5.41) is 6.23. The third kappa shape index (κ3) is 5.82. The van der Waals surface area contributed by atoms with Gasteiger partial charge in [0, 0.05) is 62.0 Å². The van der Waals surface area contributed by atoms with Gasteiger partial charge in [-0.2, -0.15) is 0 Å². The highest BCUT2D eigenvalue weighted by Gasteiger charge is 2.50. The summed E-state index contributed by atoms with van der Waals surface area (Å²) in [7, 11) is 4.20. The lowest BCUT2D eigenvalue weighted by atomic mass is 9.89. The number of alkyl halides is 2. The zero-order chi connectivity index (χ0) is 37.3. The molecule has 5 aromatic rings. The number of nitrogens with zero attached hydrogens (tertiary/aromatic N) is 6. The van der Waals surface area contributed by atoms with Gasteiger partial charge in [0.1, 0.15) is 23.4 Å². The van der Waals surface area contributed by atoms with Gasteiger partial charge >= 0.3 is 5.69 Å². The number of anilines is 2. The molecule has 0 radical (unpaired) electrons. The normalized spacial score (nSPS) is 18.0. The Hall–Kier alpha value is -4.96. The quantitative estimate of drug-likeness (QED) is 0.234. The number of fused-ring (bicyclic) bond motifs is 2. The number of rotatable bonds is 7. The first-order valence-corrected chi connectivity index (χ1v) is 17.5. The number of ether oxygens (including phenoxy) is 2. The van der Waals surface area contributed by atoms with Crippen LogP contribution in [0.4, 0.5) is 20.3 Å². The zero-order valence-corrected chi connectivity index (χ0v) is 30.2. The van der Waals surface area contributed by atoms with Gasteiger partial charge in [-0.15, -0.1) is 0 Å². The Labute approximate surface area is 310 Å². The van der Waals surface area contributed by atoms with E-state index in [1.807, 2.05) is 18.2 Å². The van der Waals surface area contributed by atoms with Crippen LogP contribution in [0.1, 0.15) is 35.8 Å². The summed E-state index contributed by atoms with van der Waals surface area (Å²) in [6.45, 7) is 1.96. The van der Waals surface area contributed by atoms with E-state index < -0.39 is 23.5 Å². The van der Waals surface area contributed by atoms with Gasteiger partial charge in [0.25, 0.3) is 12.0 Å². The molecule has 0 saturated carbocycles. The molecule has 13 nitrogen and oxygen atoms in total. The second kappa shape index (κ2) is 13.2. The Bertz CT molecular complexity index is 2460. The molecular weight excluding hydrogens is 733 g/mol. The van der Waals surface area contributed by atoms with Gasteiger partial charge in [0.15, 0.2) is 11.5 Å². The minimum Gasteiger partial charge on any atom is -0.481 e. The van der Waals surface area contributed by atoms with Crippen molar-refractivity contribution in [2.75, 3.05) is 38.7 Å². The molecule has 0 unspecified atom stereocenters. The van der Waals surface area contributed by atoms with Crippen LogP contribution in [0.25, 0.3) is 33.4 Å². The summed E-state index contributed by atoms with van der Waals surface area (Å²) in [5.41, 5.74) is 2.61. The van der Waals surface area contributed by atoms with E-state index in [2.05, 4.69) is 25.5 Å². The Kier molecular flexibility index (Phi) is 8.71. The van der Waals surface area contributed by atoms with Crippen molar-refractivity contribution in [3.63, 3.8) is 0 Å². The molecule has 1 atom stereocenters. The van der Waals surface area contributed by atoms with Crippen molar-refractivity contribution in [1.82, 2.24) is 34.3 Å². The highest BCUT2D eigenvalue weighted by molar-refractivity contribution is 6.39. The van der Waals surface area contributed by atoms with E-state index in [-0.39, 0.29) is 51.7 Å². The molecule has 274 valence electrons. The van der Waals surface area contributed by atoms with Crippen molar-refractivity contribution in [3.05, 3.63) is 90.3 Å². The first-order valence-electron chi connectivity index (χ1n) is 16.7. The van der Waals surface area contributed by atoms with E-state index in [1.165, 1.54) is 14.1 Å². The third-order valence-corrected chi connectivity index (χ3v) is 11.0. The smallest absolute Gasteiger partial charge is 0.332 e. The van der Waals surface area contributed by atoms with Crippen LogP contribution >= 0.6 is 23.2 Å². The number of halogens is 4. The molecule has 17 heteroatoms. The van der Waals surface area contributed by atoms with Crippen LogP contribution in [-0.4, -0.2) is 73.8 Å². The molecule has 1 amide bonds. The summed E-state index contributed by atoms with van der Waals surface area (Å²) >= 11 is 14.1. The number of hydrogen-bond acceptors (Lipinski definition) is 10. The van der Waals surface area contributed by atoms with Crippen molar-refractivity contribution >= 4 is 51.6 Å². The van der Waals surface area contributed by atoms with Gasteiger partial charge in [-0.05, 0) is 30.5 Å². The summed E-state index contributed by atoms with van der Waals surface area (Å²) < 4.78 is 41.4. The predicted molar refractivity (Wildman–Crippen MR) is 194 cm³/mol. The van der Waals surface area contributed by atoms with Crippen molar-refractivity contribution in [1.29, 1.82) is 0 Å². The molecule has 2 aromatic carbocycles. The molecule has 2 saturated heterocycles. The van der Waals surface area contributed by atoms with Crippen LogP contribution in [0, 0.1) is 0 Å². The lowest BCUT2D eigenvalue weighted by Gasteiger charge is -2.53. The van der Waals surface area contributed by atoms with Crippen LogP contribution in [0.2, 0.25) is 10.0 Å². The highest BCUT2D eigenvalue weighted by Crippen LogP contribution is 2.48. The van der Waals surface area contributed by atoms with E-state index in [9.17, 15) is 23.2 Å². The highest BCUT2D eigenvalue weighted by atomic mass is 35.5. The van der Waals surface area contributed by atoms with Crippen molar-refractivity contribution in [2.45, 2.75) is 30.9 Å². The molecular formula is C36H32Cl2F2N8O5. The maximum atomic E-state index is 13.9. The van der Waals surface area contributed by atoms with E-state index in [4.69, 9.17) is 37.7 Å². The fraction of sp³-hybridized carbons (Fsp3) is 0.333. The standard InChI is InChI=1S/C36H32Cl2F2N8O5/c1-46-32-26(34(50)47(2)35(46)51)30(44-31(45-32)29(39)40)42-21-9-5-7-19(28(21)38)18-6-4-8-20(27(18)37)22-12-17-10-11-23(25(17)33(43-22)52-3)48-15-36(16-48)14-41-24(49)13-53-36/h4-9,12,23,29H,10-11,13-16H2,1-3H3,(H,41,49)(H,42,44,45)/t23-/m0/s1. The number of pyridine rings is 1. The minimum absolute atomic E-state index is 0.0703. The number of methoxy groups -OCH3 is 1.